The molecule has 0 radical (unpaired) electrons. The van der Waals surface area contributed by atoms with Crippen LogP contribution in [0.2, 0.25) is 0 Å². The van der Waals surface area contributed by atoms with Gasteiger partial charge in [0.15, 0.2) is 5.13 Å². The van der Waals surface area contributed by atoms with Crippen LogP contribution in [0.4, 0.5) is 9.52 Å². The van der Waals surface area contributed by atoms with E-state index in [9.17, 15) is 9.18 Å². The average molecular weight is 265 g/mol. The van der Waals surface area contributed by atoms with Crippen molar-refractivity contribution in [1.82, 2.24) is 4.98 Å². The van der Waals surface area contributed by atoms with Crippen molar-refractivity contribution in [3.05, 3.63) is 35.0 Å². The maximum Gasteiger partial charge on any atom is 0.239 e. The second kappa shape index (κ2) is 5.24. The van der Waals surface area contributed by atoms with Gasteiger partial charge in [0.1, 0.15) is 5.82 Å². The highest BCUT2D eigenvalue weighted by atomic mass is 32.1. The lowest BCUT2D eigenvalue weighted by Crippen LogP contribution is -2.21. The summed E-state index contributed by atoms with van der Waals surface area (Å²) in [5.41, 5.74) is 6.78. The van der Waals surface area contributed by atoms with Crippen LogP contribution in [0.1, 0.15) is 4.88 Å². The number of anilines is 1. The molecule has 1 aromatic heterocycles. The van der Waals surface area contributed by atoms with Crippen molar-refractivity contribution in [2.24, 2.45) is 5.73 Å². The maximum atomic E-state index is 12.8. The first kappa shape index (κ1) is 12.7. The van der Waals surface area contributed by atoms with Crippen LogP contribution >= 0.6 is 11.3 Å². The molecule has 4 nitrogen and oxygen atoms in total. The minimum Gasteiger partial charge on any atom is -0.322 e. The molecule has 0 aliphatic carbocycles. The number of aryl methyl sites for hydroxylation is 1. The Labute approximate surface area is 108 Å². The van der Waals surface area contributed by atoms with Gasteiger partial charge in [0.2, 0.25) is 5.91 Å². The summed E-state index contributed by atoms with van der Waals surface area (Å²) in [7, 11) is 0. The van der Waals surface area contributed by atoms with Crippen LogP contribution in [0.15, 0.2) is 24.3 Å². The van der Waals surface area contributed by atoms with E-state index in [0.29, 0.717) is 5.13 Å². The number of halogens is 1. The fraction of sp³-hybridized carbons (Fsp3) is 0.167. The quantitative estimate of drug-likeness (QED) is 0.893. The maximum absolute atomic E-state index is 12.8. The molecule has 0 atom stereocenters. The second-order valence-electron chi connectivity index (χ2n) is 3.68. The largest absolute Gasteiger partial charge is 0.322 e. The van der Waals surface area contributed by atoms with E-state index in [2.05, 4.69) is 10.3 Å². The van der Waals surface area contributed by atoms with E-state index in [-0.39, 0.29) is 18.3 Å². The fourth-order valence-electron chi connectivity index (χ4n) is 1.50. The van der Waals surface area contributed by atoms with E-state index >= 15 is 0 Å². The van der Waals surface area contributed by atoms with Gasteiger partial charge in [-0.25, -0.2) is 9.37 Å². The van der Waals surface area contributed by atoms with Crippen molar-refractivity contribution < 1.29 is 9.18 Å². The topological polar surface area (TPSA) is 68.0 Å². The predicted molar refractivity (Wildman–Crippen MR) is 69.9 cm³/mol. The Morgan fingerprint density at radius 3 is 2.72 bits per heavy atom. The van der Waals surface area contributed by atoms with Gasteiger partial charge in [0, 0.05) is 10.4 Å². The third-order valence-electron chi connectivity index (χ3n) is 2.35. The first-order valence-electron chi connectivity index (χ1n) is 5.33. The van der Waals surface area contributed by atoms with Crippen molar-refractivity contribution in [2.45, 2.75) is 6.92 Å². The standard InChI is InChI=1S/C12H12FN3OS/c1-7-11(8-2-4-9(13)5-3-8)16-12(18-7)15-10(17)6-14/h2-5H,6,14H2,1H3,(H,15,16,17). The molecule has 0 saturated heterocycles. The van der Waals surface area contributed by atoms with Crippen molar-refractivity contribution in [1.29, 1.82) is 0 Å². The summed E-state index contributed by atoms with van der Waals surface area (Å²) in [6.07, 6.45) is 0. The number of carbonyl (C=O) groups is 1. The smallest absolute Gasteiger partial charge is 0.239 e. The van der Waals surface area contributed by atoms with Gasteiger partial charge in [0.05, 0.1) is 12.2 Å². The zero-order chi connectivity index (χ0) is 13.1. The second-order valence-corrected chi connectivity index (χ2v) is 4.89. The molecule has 0 aliphatic heterocycles. The van der Waals surface area contributed by atoms with Crippen molar-refractivity contribution in [2.75, 3.05) is 11.9 Å². The van der Waals surface area contributed by atoms with Crippen molar-refractivity contribution in [3.63, 3.8) is 0 Å². The number of thiazole rings is 1. The van der Waals surface area contributed by atoms with Crippen LogP contribution in [-0.4, -0.2) is 17.4 Å². The van der Waals surface area contributed by atoms with Gasteiger partial charge >= 0.3 is 0 Å². The molecule has 2 aromatic rings. The molecule has 0 unspecified atom stereocenters. The highest BCUT2D eigenvalue weighted by Gasteiger charge is 2.11. The molecule has 3 N–H and O–H groups in total. The third kappa shape index (κ3) is 2.72. The highest BCUT2D eigenvalue weighted by Crippen LogP contribution is 2.30. The molecule has 0 bridgehead atoms. The summed E-state index contributed by atoms with van der Waals surface area (Å²) < 4.78 is 12.8. The zero-order valence-electron chi connectivity index (χ0n) is 9.74. The molecular formula is C12H12FN3OS. The Hall–Kier alpha value is -1.79. The Bertz CT molecular complexity index is 565. The van der Waals surface area contributed by atoms with Crippen molar-refractivity contribution in [3.8, 4) is 11.3 Å². The van der Waals surface area contributed by atoms with Gasteiger partial charge in [-0.2, -0.15) is 0 Å². The minimum absolute atomic E-state index is 0.0789. The zero-order valence-corrected chi connectivity index (χ0v) is 10.6. The van der Waals surface area contributed by atoms with E-state index in [4.69, 9.17) is 5.73 Å². The van der Waals surface area contributed by atoms with Gasteiger partial charge in [-0.05, 0) is 31.2 Å². The van der Waals surface area contributed by atoms with Crippen LogP contribution in [0.5, 0.6) is 0 Å². The van der Waals surface area contributed by atoms with Crippen LogP contribution < -0.4 is 11.1 Å². The molecular weight excluding hydrogens is 253 g/mol. The molecule has 2 rings (SSSR count). The Morgan fingerprint density at radius 2 is 2.11 bits per heavy atom. The highest BCUT2D eigenvalue weighted by molar-refractivity contribution is 7.16. The number of hydrogen-bond acceptors (Lipinski definition) is 4. The molecule has 18 heavy (non-hydrogen) atoms. The van der Waals surface area contributed by atoms with E-state index in [0.717, 1.165) is 16.1 Å². The molecule has 0 aliphatic rings. The van der Waals surface area contributed by atoms with E-state index < -0.39 is 0 Å². The molecule has 1 amide bonds. The number of benzene rings is 1. The molecule has 94 valence electrons. The molecule has 0 saturated carbocycles. The van der Waals surface area contributed by atoms with Gasteiger partial charge in [-0.1, -0.05) is 0 Å². The summed E-state index contributed by atoms with van der Waals surface area (Å²) in [5, 5.41) is 3.11. The molecule has 0 spiro atoms. The molecule has 1 aromatic carbocycles. The monoisotopic (exact) mass is 265 g/mol. The summed E-state index contributed by atoms with van der Waals surface area (Å²) in [6.45, 7) is 1.82. The van der Waals surface area contributed by atoms with Gasteiger partial charge in [-0.15, -0.1) is 11.3 Å². The normalized spacial score (nSPS) is 10.4. The minimum atomic E-state index is -0.289. The number of nitrogens with one attached hydrogen (secondary N) is 1. The third-order valence-corrected chi connectivity index (χ3v) is 3.23. The van der Waals surface area contributed by atoms with Crippen LogP contribution in [0, 0.1) is 12.7 Å². The summed E-state index contributed by atoms with van der Waals surface area (Å²) in [4.78, 5) is 16.4. The number of nitrogens with zero attached hydrogens (tertiary/aromatic N) is 1. The van der Waals surface area contributed by atoms with Gasteiger partial charge in [-0.3, -0.25) is 4.79 Å². The number of carbonyl (C=O) groups excluding carboxylic acids is 1. The predicted octanol–water partition coefficient (Wildman–Crippen LogP) is 2.15. The lowest BCUT2D eigenvalue weighted by atomic mass is 10.1. The van der Waals surface area contributed by atoms with E-state index in [1.54, 1.807) is 12.1 Å². The Kier molecular flexibility index (Phi) is 3.69. The van der Waals surface area contributed by atoms with E-state index in [1.165, 1.54) is 23.5 Å². The first-order valence-corrected chi connectivity index (χ1v) is 6.15. The summed E-state index contributed by atoms with van der Waals surface area (Å²) in [5.74, 6) is -0.572. The van der Waals surface area contributed by atoms with Crippen LogP contribution in [0.3, 0.4) is 0 Å². The Balaban J connectivity index is 2.29. The lowest BCUT2D eigenvalue weighted by molar-refractivity contribution is -0.114. The summed E-state index contributed by atoms with van der Waals surface area (Å²) >= 11 is 1.36. The first-order chi connectivity index (χ1) is 8.60. The fourth-order valence-corrected chi connectivity index (χ4v) is 2.35. The number of aromatic nitrogens is 1. The van der Waals surface area contributed by atoms with Crippen molar-refractivity contribution >= 4 is 22.4 Å². The molecule has 6 heteroatoms. The number of hydrogen-bond donors (Lipinski definition) is 2. The van der Waals surface area contributed by atoms with Crippen LogP contribution in [0.25, 0.3) is 11.3 Å². The van der Waals surface area contributed by atoms with E-state index in [1.807, 2.05) is 6.92 Å². The Morgan fingerprint density at radius 1 is 1.44 bits per heavy atom. The van der Waals surface area contributed by atoms with Gasteiger partial charge < -0.3 is 11.1 Å². The number of nitrogens with two attached hydrogens (primary N) is 1. The number of amides is 1. The van der Waals surface area contributed by atoms with Crippen LogP contribution in [-0.2, 0) is 4.79 Å². The summed E-state index contributed by atoms with van der Waals surface area (Å²) in [6, 6.07) is 6.08. The molecule has 0 fully saturated rings. The lowest BCUT2D eigenvalue weighted by Gasteiger charge is -1.98. The molecule has 1 heterocycles. The SMILES string of the molecule is Cc1sc(NC(=O)CN)nc1-c1ccc(F)cc1. The number of rotatable bonds is 3. The van der Waals surface area contributed by atoms with Gasteiger partial charge in [0.25, 0.3) is 0 Å². The average Bonchev–Trinajstić information content (AvgIpc) is 2.71.